The minimum Gasteiger partial charge on any atom is -0.336 e. The van der Waals surface area contributed by atoms with Crippen LogP contribution in [0.2, 0.25) is 0 Å². The van der Waals surface area contributed by atoms with E-state index in [2.05, 4.69) is 30.6 Å². The molecule has 3 nitrogen and oxygen atoms in total. The molecule has 0 radical (unpaired) electrons. The van der Waals surface area contributed by atoms with Gasteiger partial charge in [0.2, 0.25) is 5.91 Å². The molecule has 2 aliphatic rings. The van der Waals surface area contributed by atoms with Gasteiger partial charge in [0.05, 0.1) is 6.54 Å². The summed E-state index contributed by atoms with van der Waals surface area (Å²) in [5.41, 5.74) is 0. The zero-order valence-electron chi connectivity index (χ0n) is 12.2. The lowest BCUT2D eigenvalue weighted by Crippen LogP contribution is -2.52. The fourth-order valence-electron chi connectivity index (χ4n) is 3.62. The summed E-state index contributed by atoms with van der Waals surface area (Å²) in [6.07, 6.45) is 6.19. The summed E-state index contributed by atoms with van der Waals surface area (Å²) in [5, 5.41) is 0. The monoisotopic (exact) mass is 252 g/mol. The smallest absolute Gasteiger partial charge is 0.237 e. The lowest BCUT2D eigenvalue weighted by molar-refractivity contribution is -0.138. The van der Waals surface area contributed by atoms with Gasteiger partial charge in [-0.25, -0.2) is 0 Å². The van der Waals surface area contributed by atoms with Crippen molar-refractivity contribution in [3.63, 3.8) is 0 Å². The van der Waals surface area contributed by atoms with Crippen LogP contribution in [0.4, 0.5) is 0 Å². The van der Waals surface area contributed by atoms with Crippen molar-refractivity contribution in [3.8, 4) is 0 Å². The van der Waals surface area contributed by atoms with Gasteiger partial charge < -0.3 is 4.90 Å². The maximum Gasteiger partial charge on any atom is 0.237 e. The highest BCUT2D eigenvalue weighted by Crippen LogP contribution is 2.23. The average Bonchev–Trinajstić information content (AvgIpc) is 2.28. The normalized spacial score (nSPS) is 34.6. The van der Waals surface area contributed by atoms with E-state index < -0.39 is 0 Å². The van der Waals surface area contributed by atoms with E-state index >= 15 is 0 Å². The fraction of sp³-hybridized carbons (Fsp3) is 0.933. The molecule has 3 atom stereocenters. The molecule has 2 aliphatic heterocycles. The quantitative estimate of drug-likeness (QED) is 0.754. The Hall–Kier alpha value is -0.570. The standard InChI is InChI=1S/C15H28N2O/c1-12-6-5-9-16(10-12)11-15(18)17-13(2)7-4-8-14(17)3/h12-14H,4-11H2,1-3H3/t12-,13-,14-/m1/s1. The number of likely N-dealkylation sites (tertiary alicyclic amines) is 2. The highest BCUT2D eigenvalue weighted by molar-refractivity contribution is 5.79. The molecule has 0 saturated carbocycles. The van der Waals surface area contributed by atoms with Crippen molar-refractivity contribution in [2.45, 2.75) is 65.0 Å². The summed E-state index contributed by atoms with van der Waals surface area (Å²) >= 11 is 0. The number of hydrogen-bond donors (Lipinski definition) is 0. The maximum absolute atomic E-state index is 12.5. The second-order valence-corrected chi connectivity index (χ2v) is 6.41. The van der Waals surface area contributed by atoms with E-state index in [9.17, 15) is 4.79 Å². The molecular weight excluding hydrogens is 224 g/mol. The van der Waals surface area contributed by atoms with Crippen LogP contribution in [-0.2, 0) is 4.79 Å². The van der Waals surface area contributed by atoms with Crippen molar-refractivity contribution >= 4 is 5.91 Å². The van der Waals surface area contributed by atoms with E-state index in [4.69, 9.17) is 0 Å². The first-order valence-corrected chi connectivity index (χ1v) is 7.61. The Morgan fingerprint density at radius 3 is 2.33 bits per heavy atom. The van der Waals surface area contributed by atoms with Crippen molar-refractivity contribution in [2.24, 2.45) is 5.92 Å². The predicted molar refractivity (Wildman–Crippen MR) is 74.5 cm³/mol. The van der Waals surface area contributed by atoms with E-state index in [0.29, 0.717) is 24.5 Å². The minimum atomic E-state index is 0.351. The minimum absolute atomic E-state index is 0.351. The molecule has 0 bridgehead atoms. The van der Waals surface area contributed by atoms with Crippen LogP contribution in [-0.4, -0.2) is 47.4 Å². The third kappa shape index (κ3) is 3.25. The summed E-state index contributed by atoms with van der Waals surface area (Å²) < 4.78 is 0. The maximum atomic E-state index is 12.5. The summed E-state index contributed by atoms with van der Waals surface area (Å²) in [7, 11) is 0. The number of piperidine rings is 2. The van der Waals surface area contributed by atoms with Crippen LogP contribution in [0.25, 0.3) is 0 Å². The number of rotatable bonds is 2. The second kappa shape index (κ2) is 6.05. The molecule has 2 heterocycles. The molecule has 2 fully saturated rings. The van der Waals surface area contributed by atoms with Crippen LogP contribution in [0.3, 0.4) is 0 Å². The number of hydrogen-bond acceptors (Lipinski definition) is 2. The van der Waals surface area contributed by atoms with Crippen LogP contribution in [0.5, 0.6) is 0 Å². The highest BCUT2D eigenvalue weighted by Gasteiger charge is 2.30. The van der Waals surface area contributed by atoms with Crippen LogP contribution in [0, 0.1) is 5.92 Å². The molecule has 0 spiro atoms. The van der Waals surface area contributed by atoms with Crippen LogP contribution < -0.4 is 0 Å². The van der Waals surface area contributed by atoms with E-state index in [1.165, 1.54) is 32.1 Å². The average molecular weight is 252 g/mol. The van der Waals surface area contributed by atoms with E-state index in [1.807, 2.05) is 0 Å². The first kappa shape index (κ1) is 13.9. The van der Waals surface area contributed by atoms with Crippen LogP contribution >= 0.6 is 0 Å². The molecule has 0 aromatic heterocycles. The Labute approximate surface area is 112 Å². The Morgan fingerprint density at radius 2 is 1.72 bits per heavy atom. The zero-order chi connectivity index (χ0) is 13.1. The Bertz CT molecular complexity index is 282. The van der Waals surface area contributed by atoms with Gasteiger partial charge in [0.15, 0.2) is 0 Å². The van der Waals surface area contributed by atoms with Crippen molar-refractivity contribution in [1.82, 2.24) is 9.80 Å². The van der Waals surface area contributed by atoms with Gasteiger partial charge in [-0.05, 0) is 58.4 Å². The highest BCUT2D eigenvalue weighted by atomic mass is 16.2. The molecular formula is C15H28N2O. The van der Waals surface area contributed by atoms with E-state index in [1.54, 1.807) is 0 Å². The molecule has 0 aromatic rings. The summed E-state index contributed by atoms with van der Waals surface area (Å²) in [5.74, 6) is 1.10. The molecule has 18 heavy (non-hydrogen) atoms. The zero-order valence-corrected chi connectivity index (χ0v) is 12.2. The van der Waals surface area contributed by atoms with Gasteiger partial charge in [0.1, 0.15) is 0 Å². The topological polar surface area (TPSA) is 23.6 Å². The van der Waals surface area contributed by atoms with Gasteiger partial charge in [-0.15, -0.1) is 0 Å². The van der Waals surface area contributed by atoms with E-state index in [0.717, 1.165) is 19.0 Å². The molecule has 0 unspecified atom stereocenters. The molecule has 0 aromatic carbocycles. The largest absolute Gasteiger partial charge is 0.336 e. The summed E-state index contributed by atoms with van der Waals surface area (Å²) in [6.45, 7) is 9.54. The van der Waals surface area contributed by atoms with Gasteiger partial charge in [-0.1, -0.05) is 6.92 Å². The second-order valence-electron chi connectivity index (χ2n) is 6.41. The van der Waals surface area contributed by atoms with Crippen molar-refractivity contribution in [3.05, 3.63) is 0 Å². The summed E-state index contributed by atoms with van der Waals surface area (Å²) in [6, 6.07) is 0.868. The molecule has 0 aliphatic carbocycles. The molecule has 3 heteroatoms. The van der Waals surface area contributed by atoms with Crippen molar-refractivity contribution in [1.29, 1.82) is 0 Å². The lowest BCUT2D eigenvalue weighted by Gasteiger charge is -2.41. The van der Waals surface area contributed by atoms with Crippen molar-refractivity contribution in [2.75, 3.05) is 19.6 Å². The number of amides is 1. The molecule has 2 rings (SSSR count). The Morgan fingerprint density at radius 1 is 1.06 bits per heavy atom. The van der Waals surface area contributed by atoms with Gasteiger partial charge in [0.25, 0.3) is 0 Å². The molecule has 0 N–H and O–H groups in total. The fourth-order valence-corrected chi connectivity index (χ4v) is 3.62. The third-order valence-corrected chi connectivity index (χ3v) is 4.58. The number of carbonyl (C=O) groups is 1. The number of carbonyl (C=O) groups excluding carboxylic acids is 1. The molecule has 1 amide bonds. The van der Waals surface area contributed by atoms with Gasteiger partial charge >= 0.3 is 0 Å². The van der Waals surface area contributed by atoms with Crippen LogP contribution in [0.15, 0.2) is 0 Å². The number of nitrogens with zero attached hydrogens (tertiary/aromatic N) is 2. The Kier molecular flexibility index (Phi) is 4.66. The van der Waals surface area contributed by atoms with Gasteiger partial charge in [-0.2, -0.15) is 0 Å². The van der Waals surface area contributed by atoms with Crippen LogP contribution in [0.1, 0.15) is 52.9 Å². The molecule has 104 valence electrons. The first-order chi connectivity index (χ1) is 8.58. The van der Waals surface area contributed by atoms with Gasteiger partial charge in [-0.3, -0.25) is 9.69 Å². The lowest BCUT2D eigenvalue weighted by atomic mass is 9.97. The van der Waals surface area contributed by atoms with E-state index in [-0.39, 0.29) is 0 Å². The molecule has 2 saturated heterocycles. The van der Waals surface area contributed by atoms with Gasteiger partial charge in [0, 0.05) is 18.6 Å². The summed E-state index contributed by atoms with van der Waals surface area (Å²) in [4.78, 5) is 17.0. The van der Waals surface area contributed by atoms with Crippen molar-refractivity contribution < 1.29 is 4.79 Å². The third-order valence-electron chi connectivity index (χ3n) is 4.58. The SMILES string of the molecule is C[C@@H]1CCCN(CC(=O)N2[C@H](C)CCC[C@H]2C)C1. The Balaban J connectivity index is 1.89. The first-order valence-electron chi connectivity index (χ1n) is 7.61. The predicted octanol–water partition coefficient (Wildman–Crippen LogP) is 2.51.